The molecule has 0 bridgehead atoms. The van der Waals surface area contributed by atoms with Crippen LogP contribution in [-0.4, -0.2) is 76.5 Å². The number of piperazine rings is 1. The third-order valence-corrected chi connectivity index (χ3v) is 5.72. The number of carbonyl (C=O) groups is 2. The fourth-order valence-electron chi connectivity index (χ4n) is 3.95. The zero-order valence-electron chi connectivity index (χ0n) is 16.6. The van der Waals surface area contributed by atoms with Gasteiger partial charge in [0.15, 0.2) is 5.69 Å². The molecular formula is C21H27N5O2. The smallest absolute Gasteiger partial charge is 0.274 e. The van der Waals surface area contributed by atoms with E-state index in [2.05, 4.69) is 22.1 Å². The molecule has 2 amide bonds. The fraction of sp³-hybridized carbons (Fsp3) is 0.476. The molecule has 7 nitrogen and oxygen atoms in total. The molecule has 4 rings (SSSR count). The summed E-state index contributed by atoms with van der Waals surface area (Å²) in [5.41, 5.74) is 4.52. The molecular weight excluding hydrogens is 354 g/mol. The fourth-order valence-corrected chi connectivity index (χ4v) is 3.95. The lowest BCUT2D eigenvalue weighted by Gasteiger charge is -2.32. The first-order valence-corrected chi connectivity index (χ1v) is 9.88. The minimum Gasteiger partial charge on any atom is -0.338 e. The van der Waals surface area contributed by atoms with Crippen LogP contribution in [0.5, 0.6) is 0 Å². The number of hydrogen-bond acceptors (Lipinski definition) is 4. The molecule has 148 valence electrons. The third-order valence-electron chi connectivity index (χ3n) is 5.72. The zero-order chi connectivity index (χ0) is 19.7. The maximum atomic E-state index is 13.0. The lowest BCUT2D eigenvalue weighted by molar-refractivity contribution is -0.131. The first-order chi connectivity index (χ1) is 13.5. The largest absolute Gasteiger partial charge is 0.338 e. The van der Waals surface area contributed by atoms with Crippen LogP contribution < -0.4 is 0 Å². The second kappa shape index (κ2) is 7.75. The van der Waals surface area contributed by atoms with Crippen molar-refractivity contribution in [3.63, 3.8) is 0 Å². The van der Waals surface area contributed by atoms with E-state index in [-0.39, 0.29) is 11.8 Å². The van der Waals surface area contributed by atoms with Crippen LogP contribution >= 0.6 is 0 Å². The quantitative estimate of drug-likeness (QED) is 0.868. The van der Waals surface area contributed by atoms with Gasteiger partial charge in [-0.05, 0) is 19.5 Å². The topological polar surface area (TPSA) is 72.5 Å². The van der Waals surface area contributed by atoms with Crippen LogP contribution in [0.3, 0.4) is 0 Å². The number of hydrogen-bond donors (Lipinski definition) is 1. The number of aromatic amines is 1. The third kappa shape index (κ3) is 3.80. The number of likely N-dealkylation sites (N-methyl/N-ethyl adjacent to an activating group) is 1. The summed E-state index contributed by atoms with van der Waals surface area (Å²) < 4.78 is 0. The monoisotopic (exact) mass is 381 g/mol. The van der Waals surface area contributed by atoms with Gasteiger partial charge >= 0.3 is 0 Å². The van der Waals surface area contributed by atoms with E-state index in [4.69, 9.17) is 0 Å². The van der Waals surface area contributed by atoms with Crippen molar-refractivity contribution >= 4 is 11.8 Å². The summed E-state index contributed by atoms with van der Waals surface area (Å²) in [6.07, 6.45) is 1.09. The van der Waals surface area contributed by atoms with Crippen LogP contribution in [0.15, 0.2) is 24.3 Å². The molecule has 2 aliphatic heterocycles. The number of aromatic nitrogens is 2. The molecule has 0 saturated carbocycles. The van der Waals surface area contributed by atoms with Gasteiger partial charge in [-0.15, -0.1) is 0 Å². The van der Waals surface area contributed by atoms with Crippen LogP contribution in [0, 0.1) is 6.92 Å². The molecule has 0 atom stereocenters. The summed E-state index contributed by atoms with van der Waals surface area (Å²) in [7, 11) is 2.07. The van der Waals surface area contributed by atoms with Gasteiger partial charge in [0.25, 0.3) is 5.91 Å². The SMILES string of the molecule is Cc1cccc(CC(=O)N2CCc3[nH]nc(C(=O)N4CCN(C)CC4)c3C2)c1. The highest BCUT2D eigenvalue weighted by molar-refractivity contribution is 5.94. The number of nitrogens with one attached hydrogen (secondary N) is 1. The summed E-state index contributed by atoms with van der Waals surface area (Å²) >= 11 is 0. The molecule has 3 heterocycles. The van der Waals surface area contributed by atoms with Crippen molar-refractivity contribution in [1.82, 2.24) is 24.9 Å². The molecule has 0 aliphatic carbocycles. The van der Waals surface area contributed by atoms with Crippen LogP contribution in [-0.2, 0) is 24.2 Å². The standard InChI is InChI=1S/C21H27N5O2/c1-15-4-3-5-16(12-15)13-19(27)26-7-6-18-17(14-26)20(23-22-18)21(28)25-10-8-24(2)9-11-25/h3-5,12H,6-11,13-14H2,1-2H3,(H,22,23). The average Bonchev–Trinajstić information content (AvgIpc) is 3.11. The molecule has 28 heavy (non-hydrogen) atoms. The van der Waals surface area contributed by atoms with Gasteiger partial charge in [0.1, 0.15) is 0 Å². The van der Waals surface area contributed by atoms with Crippen LogP contribution in [0.2, 0.25) is 0 Å². The van der Waals surface area contributed by atoms with Crippen molar-refractivity contribution in [3.8, 4) is 0 Å². The highest BCUT2D eigenvalue weighted by Gasteiger charge is 2.30. The van der Waals surface area contributed by atoms with Crippen LogP contribution in [0.1, 0.15) is 32.9 Å². The van der Waals surface area contributed by atoms with Crippen LogP contribution in [0.25, 0.3) is 0 Å². The molecule has 1 fully saturated rings. The van der Waals surface area contributed by atoms with Crippen molar-refractivity contribution in [3.05, 3.63) is 52.3 Å². The van der Waals surface area contributed by atoms with E-state index >= 15 is 0 Å². The summed E-state index contributed by atoms with van der Waals surface area (Å²) in [6.45, 7) is 6.31. The summed E-state index contributed by atoms with van der Waals surface area (Å²) in [4.78, 5) is 31.7. The maximum Gasteiger partial charge on any atom is 0.274 e. The molecule has 0 spiro atoms. The molecule has 1 saturated heterocycles. The molecule has 2 aliphatic rings. The van der Waals surface area contributed by atoms with E-state index in [1.807, 2.05) is 41.0 Å². The number of carbonyl (C=O) groups excluding carboxylic acids is 2. The first-order valence-electron chi connectivity index (χ1n) is 9.88. The Morgan fingerprint density at radius 2 is 1.89 bits per heavy atom. The van der Waals surface area contributed by atoms with E-state index < -0.39 is 0 Å². The van der Waals surface area contributed by atoms with Gasteiger partial charge in [-0.2, -0.15) is 5.10 Å². The average molecular weight is 381 g/mol. The Bertz CT molecular complexity index is 883. The summed E-state index contributed by atoms with van der Waals surface area (Å²) in [5, 5.41) is 7.34. The minimum atomic E-state index is -0.0291. The Kier molecular flexibility index (Phi) is 5.17. The van der Waals surface area contributed by atoms with Crippen molar-refractivity contribution in [2.45, 2.75) is 26.3 Å². The lowest BCUT2D eigenvalue weighted by atomic mass is 10.0. The van der Waals surface area contributed by atoms with E-state index in [0.717, 1.165) is 35.5 Å². The second-order valence-corrected chi connectivity index (χ2v) is 7.86. The number of nitrogens with zero attached hydrogens (tertiary/aromatic N) is 4. The zero-order valence-corrected chi connectivity index (χ0v) is 16.6. The van der Waals surface area contributed by atoms with Crippen molar-refractivity contribution < 1.29 is 9.59 Å². The maximum absolute atomic E-state index is 13.0. The molecule has 0 radical (unpaired) electrons. The van der Waals surface area contributed by atoms with E-state index in [1.165, 1.54) is 0 Å². The van der Waals surface area contributed by atoms with Gasteiger partial charge in [0.05, 0.1) is 6.42 Å². The van der Waals surface area contributed by atoms with Gasteiger partial charge < -0.3 is 14.7 Å². The van der Waals surface area contributed by atoms with Crippen molar-refractivity contribution in [2.24, 2.45) is 0 Å². The molecule has 1 aromatic carbocycles. The van der Waals surface area contributed by atoms with Crippen molar-refractivity contribution in [2.75, 3.05) is 39.8 Å². The molecule has 1 aromatic heterocycles. The summed E-state index contributed by atoms with van der Waals surface area (Å²) in [5.74, 6) is 0.0639. The van der Waals surface area contributed by atoms with Crippen LogP contribution in [0.4, 0.5) is 0 Å². The Morgan fingerprint density at radius 3 is 2.64 bits per heavy atom. The molecule has 7 heteroatoms. The Labute approximate surface area is 165 Å². The van der Waals surface area contributed by atoms with Gasteiger partial charge in [0, 0.05) is 56.9 Å². The highest BCUT2D eigenvalue weighted by Crippen LogP contribution is 2.23. The Morgan fingerprint density at radius 1 is 1.11 bits per heavy atom. The Hall–Kier alpha value is -2.67. The van der Waals surface area contributed by atoms with Gasteiger partial charge in [-0.3, -0.25) is 14.7 Å². The molecule has 2 aromatic rings. The van der Waals surface area contributed by atoms with Gasteiger partial charge in [-0.25, -0.2) is 0 Å². The predicted molar refractivity (Wildman–Crippen MR) is 106 cm³/mol. The van der Waals surface area contributed by atoms with E-state index in [1.54, 1.807) is 0 Å². The van der Waals surface area contributed by atoms with Gasteiger partial charge in [0.2, 0.25) is 5.91 Å². The lowest BCUT2D eigenvalue weighted by Crippen LogP contribution is -2.47. The number of benzene rings is 1. The minimum absolute atomic E-state index is 0.0291. The first kappa shape index (κ1) is 18.7. The predicted octanol–water partition coefficient (Wildman–Crippen LogP) is 1.23. The Balaban J connectivity index is 1.46. The van der Waals surface area contributed by atoms with E-state index in [0.29, 0.717) is 44.7 Å². The molecule has 1 N–H and O–H groups in total. The summed E-state index contributed by atoms with van der Waals surface area (Å²) in [6, 6.07) is 8.05. The van der Waals surface area contributed by atoms with Crippen molar-refractivity contribution in [1.29, 1.82) is 0 Å². The van der Waals surface area contributed by atoms with Gasteiger partial charge in [-0.1, -0.05) is 29.8 Å². The number of aryl methyl sites for hydroxylation is 1. The number of rotatable bonds is 3. The second-order valence-electron chi connectivity index (χ2n) is 7.86. The number of H-pyrrole nitrogens is 1. The number of fused-ring (bicyclic) bond motifs is 1. The highest BCUT2D eigenvalue weighted by atomic mass is 16.2. The van der Waals surface area contributed by atoms with E-state index in [9.17, 15) is 9.59 Å². The normalized spacial score (nSPS) is 17.5. The number of amides is 2. The molecule has 0 unspecified atom stereocenters.